The Labute approximate surface area is 92.2 Å². The van der Waals surface area contributed by atoms with Crippen LogP contribution in [0.25, 0.3) is 0 Å². The van der Waals surface area contributed by atoms with Gasteiger partial charge in [0, 0.05) is 19.1 Å². The summed E-state index contributed by atoms with van der Waals surface area (Å²) >= 11 is 0. The first-order valence-corrected chi connectivity index (χ1v) is 5.77. The van der Waals surface area contributed by atoms with Crippen molar-refractivity contribution < 1.29 is 4.79 Å². The molecule has 0 bridgehead atoms. The van der Waals surface area contributed by atoms with Gasteiger partial charge in [0.1, 0.15) is 0 Å². The third-order valence-electron chi connectivity index (χ3n) is 3.54. The molecule has 1 aliphatic carbocycles. The van der Waals surface area contributed by atoms with E-state index < -0.39 is 0 Å². The van der Waals surface area contributed by atoms with Gasteiger partial charge in [0.2, 0.25) is 5.91 Å². The molecule has 1 amide bonds. The molecule has 4 heteroatoms. The molecule has 1 fully saturated rings. The molecule has 4 nitrogen and oxygen atoms in total. The molecule has 1 rings (SSSR count). The van der Waals surface area contributed by atoms with Crippen LogP contribution in [0, 0.1) is 0 Å². The molecule has 0 spiro atoms. The van der Waals surface area contributed by atoms with Crippen molar-refractivity contribution in [3.8, 4) is 0 Å². The van der Waals surface area contributed by atoms with Crippen molar-refractivity contribution in [2.24, 2.45) is 5.73 Å². The molecule has 0 aromatic rings. The molecular weight excluding hydrogens is 190 g/mol. The lowest BCUT2D eigenvalue weighted by molar-refractivity contribution is -0.126. The number of nitrogens with two attached hydrogens (primary N) is 1. The fourth-order valence-electron chi connectivity index (χ4n) is 2.33. The fourth-order valence-corrected chi connectivity index (χ4v) is 2.33. The summed E-state index contributed by atoms with van der Waals surface area (Å²) in [6, 6.07) is 0.478. The molecule has 3 N–H and O–H groups in total. The summed E-state index contributed by atoms with van der Waals surface area (Å²) in [6.45, 7) is 1.93. The van der Waals surface area contributed by atoms with E-state index in [-0.39, 0.29) is 18.0 Å². The van der Waals surface area contributed by atoms with Gasteiger partial charge in [-0.2, -0.15) is 0 Å². The molecule has 1 aliphatic rings. The standard InChI is InChI=1S/C11H23N3O/c1-8(11(15)13-2)14(3)10-7-5-4-6-9(10)12/h8-10H,4-7,12H2,1-3H3,(H,13,15). The number of rotatable bonds is 3. The van der Waals surface area contributed by atoms with E-state index in [0.29, 0.717) is 6.04 Å². The van der Waals surface area contributed by atoms with Crippen molar-refractivity contribution in [2.45, 2.75) is 50.7 Å². The minimum absolute atomic E-state index is 0.0651. The summed E-state index contributed by atoms with van der Waals surface area (Å²) < 4.78 is 0. The van der Waals surface area contributed by atoms with Crippen LogP contribution in [0.4, 0.5) is 0 Å². The largest absolute Gasteiger partial charge is 0.358 e. The first-order chi connectivity index (χ1) is 7.07. The summed E-state index contributed by atoms with van der Waals surface area (Å²) in [5, 5.41) is 2.68. The van der Waals surface area contributed by atoms with E-state index in [1.54, 1.807) is 7.05 Å². The zero-order chi connectivity index (χ0) is 11.4. The highest BCUT2D eigenvalue weighted by atomic mass is 16.2. The molecule has 88 valence electrons. The van der Waals surface area contributed by atoms with Crippen LogP contribution in [0.1, 0.15) is 32.6 Å². The van der Waals surface area contributed by atoms with E-state index in [1.165, 1.54) is 12.8 Å². The third kappa shape index (κ3) is 2.92. The monoisotopic (exact) mass is 213 g/mol. The number of hydrogen-bond donors (Lipinski definition) is 2. The highest BCUT2D eigenvalue weighted by Crippen LogP contribution is 2.22. The predicted octanol–water partition coefficient (Wildman–Crippen LogP) is 0.323. The van der Waals surface area contributed by atoms with Crippen LogP contribution in [0.3, 0.4) is 0 Å². The van der Waals surface area contributed by atoms with Gasteiger partial charge < -0.3 is 11.1 Å². The van der Waals surface area contributed by atoms with Gasteiger partial charge in [-0.1, -0.05) is 12.8 Å². The SMILES string of the molecule is CNC(=O)C(C)N(C)C1CCCCC1N. The van der Waals surface area contributed by atoms with Crippen molar-refractivity contribution in [3.63, 3.8) is 0 Å². The maximum absolute atomic E-state index is 11.5. The Kier molecular flexibility index (Phi) is 4.54. The Morgan fingerprint density at radius 1 is 1.47 bits per heavy atom. The molecule has 0 heterocycles. The molecule has 0 aromatic carbocycles. The van der Waals surface area contributed by atoms with Crippen molar-refractivity contribution in [3.05, 3.63) is 0 Å². The fraction of sp³-hybridized carbons (Fsp3) is 0.909. The maximum Gasteiger partial charge on any atom is 0.236 e. The first-order valence-electron chi connectivity index (χ1n) is 5.77. The topological polar surface area (TPSA) is 58.4 Å². The maximum atomic E-state index is 11.5. The van der Waals surface area contributed by atoms with Crippen LogP contribution in [0.5, 0.6) is 0 Å². The summed E-state index contributed by atoms with van der Waals surface area (Å²) in [5.74, 6) is 0.0651. The van der Waals surface area contributed by atoms with E-state index in [2.05, 4.69) is 10.2 Å². The quantitative estimate of drug-likeness (QED) is 0.710. The second kappa shape index (κ2) is 5.47. The minimum Gasteiger partial charge on any atom is -0.358 e. The molecule has 0 aromatic heterocycles. The van der Waals surface area contributed by atoms with Crippen LogP contribution < -0.4 is 11.1 Å². The van der Waals surface area contributed by atoms with Crippen LogP contribution >= 0.6 is 0 Å². The van der Waals surface area contributed by atoms with Crippen molar-refractivity contribution >= 4 is 5.91 Å². The van der Waals surface area contributed by atoms with E-state index in [9.17, 15) is 4.79 Å². The number of hydrogen-bond acceptors (Lipinski definition) is 3. The normalized spacial score (nSPS) is 28.9. The first kappa shape index (κ1) is 12.5. The Morgan fingerprint density at radius 3 is 2.60 bits per heavy atom. The lowest BCUT2D eigenvalue weighted by Gasteiger charge is -2.38. The van der Waals surface area contributed by atoms with Crippen LogP contribution in [0.2, 0.25) is 0 Å². The van der Waals surface area contributed by atoms with Crippen LogP contribution in [0.15, 0.2) is 0 Å². The summed E-state index contributed by atoms with van der Waals surface area (Å²) in [6.07, 6.45) is 4.64. The van der Waals surface area contributed by atoms with E-state index in [4.69, 9.17) is 5.73 Å². The average Bonchev–Trinajstić information content (AvgIpc) is 2.26. The zero-order valence-corrected chi connectivity index (χ0v) is 9.99. The lowest BCUT2D eigenvalue weighted by atomic mass is 9.89. The Balaban J connectivity index is 2.57. The number of likely N-dealkylation sites (N-methyl/N-ethyl adjacent to an activating group) is 2. The zero-order valence-electron chi connectivity index (χ0n) is 9.99. The molecule has 3 unspecified atom stereocenters. The summed E-state index contributed by atoms with van der Waals surface area (Å²) in [4.78, 5) is 13.6. The number of carbonyl (C=O) groups is 1. The number of nitrogens with zero attached hydrogens (tertiary/aromatic N) is 1. The van der Waals surface area contributed by atoms with E-state index >= 15 is 0 Å². The van der Waals surface area contributed by atoms with Gasteiger partial charge in [-0.15, -0.1) is 0 Å². The van der Waals surface area contributed by atoms with Crippen LogP contribution in [-0.4, -0.2) is 43.0 Å². The Bertz CT molecular complexity index is 220. The summed E-state index contributed by atoms with van der Waals surface area (Å²) in [7, 11) is 3.67. The highest BCUT2D eigenvalue weighted by Gasteiger charge is 2.30. The second-order valence-corrected chi connectivity index (χ2v) is 4.47. The molecule has 0 saturated heterocycles. The van der Waals surface area contributed by atoms with Crippen molar-refractivity contribution in [1.82, 2.24) is 10.2 Å². The smallest absolute Gasteiger partial charge is 0.236 e. The Morgan fingerprint density at radius 2 is 2.07 bits per heavy atom. The molecule has 1 saturated carbocycles. The lowest BCUT2D eigenvalue weighted by Crippen LogP contribution is -2.54. The van der Waals surface area contributed by atoms with Crippen LogP contribution in [-0.2, 0) is 4.79 Å². The molecule has 0 aliphatic heterocycles. The van der Waals surface area contributed by atoms with Gasteiger partial charge in [0.05, 0.1) is 6.04 Å². The molecular formula is C11H23N3O. The van der Waals surface area contributed by atoms with Gasteiger partial charge >= 0.3 is 0 Å². The molecule has 3 atom stereocenters. The van der Waals surface area contributed by atoms with Crippen molar-refractivity contribution in [1.29, 1.82) is 0 Å². The number of amides is 1. The second-order valence-electron chi connectivity index (χ2n) is 4.47. The third-order valence-corrected chi connectivity index (χ3v) is 3.54. The van der Waals surface area contributed by atoms with Gasteiger partial charge in [-0.3, -0.25) is 9.69 Å². The van der Waals surface area contributed by atoms with Gasteiger partial charge in [0.25, 0.3) is 0 Å². The van der Waals surface area contributed by atoms with E-state index in [0.717, 1.165) is 12.8 Å². The van der Waals surface area contributed by atoms with Gasteiger partial charge in [0.15, 0.2) is 0 Å². The van der Waals surface area contributed by atoms with Gasteiger partial charge in [-0.05, 0) is 26.8 Å². The Hall–Kier alpha value is -0.610. The van der Waals surface area contributed by atoms with Crippen molar-refractivity contribution in [2.75, 3.05) is 14.1 Å². The molecule has 0 radical (unpaired) electrons. The minimum atomic E-state index is -0.0934. The number of carbonyl (C=O) groups excluding carboxylic acids is 1. The van der Waals surface area contributed by atoms with E-state index in [1.807, 2.05) is 14.0 Å². The highest BCUT2D eigenvalue weighted by molar-refractivity contribution is 5.80. The predicted molar refractivity (Wildman–Crippen MR) is 61.5 cm³/mol. The van der Waals surface area contributed by atoms with Gasteiger partial charge in [-0.25, -0.2) is 0 Å². The summed E-state index contributed by atoms with van der Waals surface area (Å²) in [5.41, 5.74) is 6.09. The average molecular weight is 213 g/mol. The number of nitrogens with one attached hydrogen (secondary N) is 1. The molecule has 15 heavy (non-hydrogen) atoms.